The molecule has 2 aliphatic rings. The van der Waals surface area contributed by atoms with Crippen molar-refractivity contribution in [3.8, 4) is 0 Å². The highest BCUT2D eigenvalue weighted by molar-refractivity contribution is 5.78. The quantitative estimate of drug-likeness (QED) is 0.658. The van der Waals surface area contributed by atoms with Gasteiger partial charge in [-0.2, -0.15) is 0 Å². The van der Waals surface area contributed by atoms with Gasteiger partial charge in [-0.1, -0.05) is 0 Å². The van der Waals surface area contributed by atoms with Crippen molar-refractivity contribution in [2.24, 2.45) is 0 Å². The second kappa shape index (κ2) is 5.46. The molecular weight excluding hydrogens is 222 g/mol. The minimum atomic E-state index is -0.762. The lowest BCUT2D eigenvalue weighted by Crippen LogP contribution is -2.50. The zero-order chi connectivity index (χ0) is 12.3. The lowest BCUT2D eigenvalue weighted by Gasteiger charge is -2.34. The predicted octanol–water partition coefficient (Wildman–Crippen LogP) is -1.03. The van der Waals surface area contributed by atoms with Crippen molar-refractivity contribution >= 4 is 11.9 Å². The Balaban J connectivity index is 1.68. The predicted molar refractivity (Wildman–Crippen MR) is 61.7 cm³/mol. The van der Waals surface area contributed by atoms with E-state index in [1.54, 1.807) is 0 Å². The van der Waals surface area contributed by atoms with Gasteiger partial charge in [0.2, 0.25) is 5.91 Å². The second-order valence-corrected chi connectivity index (χ2v) is 4.77. The molecule has 6 heteroatoms. The normalized spacial score (nSPS) is 27.1. The van der Waals surface area contributed by atoms with Crippen LogP contribution in [0.1, 0.15) is 12.8 Å². The van der Waals surface area contributed by atoms with Crippen LogP contribution in [0, 0.1) is 0 Å². The van der Waals surface area contributed by atoms with E-state index in [1.165, 1.54) is 0 Å². The largest absolute Gasteiger partial charge is 0.480 e. The van der Waals surface area contributed by atoms with E-state index in [4.69, 9.17) is 5.11 Å². The number of carboxylic acid groups (broad SMARTS) is 1. The van der Waals surface area contributed by atoms with E-state index < -0.39 is 5.97 Å². The minimum absolute atomic E-state index is 0.133. The molecule has 1 atom stereocenters. The summed E-state index contributed by atoms with van der Waals surface area (Å²) in [4.78, 5) is 25.9. The maximum atomic E-state index is 11.1. The zero-order valence-electron chi connectivity index (χ0n) is 9.89. The van der Waals surface area contributed by atoms with E-state index in [0.717, 1.165) is 39.1 Å². The molecule has 2 saturated heterocycles. The van der Waals surface area contributed by atoms with E-state index >= 15 is 0 Å². The maximum Gasteiger partial charge on any atom is 0.317 e. The van der Waals surface area contributed by atoms with Crippen molar-refractivity contribution in [1.82, 2.24) is 15.1 Å². The molecular formula is C11H19N3O3. The van der Waals surface area contributed by atoms with Crippen molar-refractivity contribution in [2.75, 3.05) is 39.3 Å². The lowest BCUT2D eigenvalue weighted by atomic mass is 10.2. The van der Waals surface area contributed by atoms with E-state index in [-0.39, 0.29) is 18.5 Å². The van der Waals surface area contributed by atoms with Crippen molar-refractivity contribution in [1.29, 1.82) is 0 Å². The van der Waals surface area contributed by atoms with Gasteiger partial charge in [0.05, 0.1) is 6.54 Å². The van der Waals surface area contributed by atoms with Crippen LogP contribution in [-0.4, -0.2) is 72.1 Å². The van der Waals surface area contributed by atoms with Crippen LogP contribution < -0.4 is 5.32 Å². The molecule has 0 saturated carbocycles. The van der Waals surface area contributed by atoms with E-state index in [2.05, 4.69) is 10.2 Å². The number of nitrogens with one attached hydrogen (secondary N) is 1. The second-order valence-electron chi connectivity index (χ2n) is 4.77. The van der Waals surface area contributed by atoms with Gasteiger partial charge in [0.25, 0.3) is 0 Å². The van der Waals surface area contributed by atoms with E-state index in [0.29, 0.717) is 6.42 Å². The summed E-state index contributed by atoms with van der Waals surface area (Å²) in [6, 6.07) is 0.286. The Morgan fingerprint density at radius 3 is 2.47 bits per heavy atom. The molecule has 6 nitrogen and oxygen atoms in total. The molecule has 2 rings (SSSR count). The summed E-state index contributed by atoms with van der Waals surface area (Å²) >= 11 is 0. The van der Waals surface area contributed by atoms with Crippen LogP contribution in [0.4, 0.5) is 0 Å². The highest BCUT2D eigenvalue weighted by Crippen LogP contribution is 2.10. The summed E-state index contributed by atoms with van der Waals surface area (Å²) in [5.41, 5.74) is 0. The molecule has 0 aromatic rings. The molecule has 0 bridgehead atoms. The van der Waals surface area contributed by atoms with Crippen molar-refractivity contribution in [2.45, 2.75) is 18.9 Å². The third-order valence-electron chi connectivity index (χ3n) is 3.39. The van der Waals surface area contributed by atoms with Crippen LogP contribution in [0.3, 0.4) is 0 Å². The zero-order valence-corrected chi connectivity index (χ0v) is 9.89. The number of carbonyl (C=O) groups excluding carboxylic acids is 1. The third kappa shape index (κ3) is 3.67. The Labute approximate surface area is 101 Å². The molecule has 0 aliphatic carbocycles. The molecule has 0 aromatic carbocycles. The fraction of sp³-hybridized carbons (Fsp3) is 0.818. The van der Waals surface area contributed by atoms with Gasteiger partial charge in [0.15, 0.2) is 0 Å². The van der Waals surface area contributed by atoms with Crippen LogP contribution in [-0.2, 0) is 9.59 Å². The maximum absolute atomic E-state index is 11.1. The van der Waals surface area contributed by atoms with Gasteiger partial charge in [-0.15, -0.1) is 0 Å². The number of carboxylic acids is 1. The first-order valence-corrected chi connectivity index (χ1v) is 6.09. The fourth-order valence-corrected chi connectivity index (χ4v) is 2.45. The Hall–Kier alpha value is -1.14. The Morgan fingerprint density at radius 1 is 1.29 bits per heavy atom. The van der Waals surface area contributed by atoms with Crippen LogP contribution in [0.5, 0.6) is 0 Å². The molecule has 0 spiro atoms. The number of nitrogens with zero attached hydrogens (tertiary/aromatic N) is 2. The van der Waals surface area contributed by atoms with Crippen molar-refractivity contribution in [3.05, 3.63) is 0 Å². The molecule has 2 heterocycles. The van der Waals surface area contributed by atoms with Gasteiger partial charge < -0.3 is 10.4 Å². The molecule has 0 radical (unpaired) electrons. The molecule has 96 valence electrons. The summed E-state index contributed by atoms with van der Waals surface area (Å²) in [6.07, 6.45) is 1.57. The molecule has 2 aliphatic heterocycles. The number of piperazine rings is 1. The van der Waals surface area contributed by atoms with Gasteiger partial charge in [-0.3, -0.25) is 19.4 Å². The molecule has 1 unspecified atom stereocenters. The summed E-state index contributed by atoms with van der Waals surface area (Å²) in [5, 5.41) is 11.6. The topological polar surface area (TPSA) is 72.9 Å². The Kier molecular flexibility index (Phi) is 3.96. The van der Waals surface area contributed by atoms with Crippen LogP contribution in [0.15, 0.2) is 0 Å². The number of amides is 1. The van der Waals surface area contributed by atoms with Crippen LogP contribution in [0.25, 0.3) is 0 Å². The summed E-state index contributed by atoms with van der Waals surface area (Å²) < 4.78 is 0. The van der Waals surface area contributed by atoms with Crippen LogP contribution in [0.2, 0.25) is 0 Å². The number of hydrogen-bond acceptors (Lipinski definition) is 4. The Bertz CT molecular complexity index is 300. The molecule has 1 amide bonds. The van der Waals surface area contributed by atoms with Gasteiger partial charge in [-0.25, -0.2) is 0 Å². The molecule has 0 aromatic heterocycles. The molecule has 2 fully saturated rings. The first-order valence-electron chi connectivity index (χ1n) is 6.09. The van der Waals surface area contributed by atoms with Gasteiger partial charge in [0.1, 0.15) is 0 Å². The Morgan fingerprint density at radius 2 is 1.94 bits per heavy atom. The first kappa shape index (κ1) is 12.3. The monoisotopic (exact) mass is 241 g/mol. The summed E-state index contributed by atoms with van der Waals surface area (Å²) in [7, 11) is 0. The number of rotatable bonds is 4. The first-order chi connectivity index (χ1) is 8.13. The fourth-order valence-electron chi connectivity index (χ4n) is 2.45. The standard InChI is InChI=1S/C11H19N3O3/c15-10-2-1-9(12-10)7-13-3-5-14(6-4-13)8-11(16)17/h9H,1-8H2,(H,12,15)(H,16,17). The SMILES string of the molecule is O=C(O)CN1CCN(CC2CCC(=O)N2)CC1. The minimum Gasteiger partial charge on any atom is -0.480 e. The summed E-state index contributed by atoms with van der Waals surface area (Å²) in [6.45, 7) is 4.40. The number of aliphatic carboxylic acids is 1. The number of carbonyl (C=O) groups is 2. The lowest BCUT2D eigenvalue weighted by molar-refractivity contribution is -0.138. The average Bonchev–Trinajstić information content (AvgIpc) is 2.66. The highest BCUT2D eigenvalue weighted by Gasteiger charge is 2.25. The van der Waals surface area contributed by atoms with Crippen molar-refractivity contribution in [3.63, 3.8) is 0 Å². The van der Waals surface area contributed by atoms with Crippen molar-refractivity contribution < 1.29 is 14.7 Å². The van der Waals surface area contributed by atoms with Gasteiger partial charge in [0, 0.05) is 45.2 Å². The van der Waals surface area contributed by atoms with Crippen LogP contribution >= 0.6 is 0 Å². The van der Waals surface area contributed by atoms with Gasteiger partial charge in [-0.05, 0) is 6.42 Å². The van der Waals surface area contributed by atoms with E-state index in [9.17, 15) is 9.59 Å². The average molecular weight is 241 g/mol. The highest BCUT2D eigenvalue weighted by atomic mass is 16.4. The smallest absolute Gasteiger partial charge is 0.317 e. The van der Waals surface area contributed by atoms with E-state index in [1.807, 2.05) is 4.90 Å². The molecule has 17 heavy (non-hydrogen) atoms. The third-order valence-corrected chi connectivity index (χ3v) is 3.39. The summed E-state index contributed by atoms with van der Waals surface area (Å²) in [5.74, 6) is -0.610. The van der Waals surface area contributed by atoms with Gasteiger partial charge >= 0.3 is 5.97 Å². The molecule has 2 N–H and O–H groups in total. The number of hydrogen-bond donors (Lipinski definition) is 2.